The van der Waals surface area contributed by atoms with E-state index in [2.05, 4.69) is 10.2 Å². The summed E-state index contributed by atoms with van der Waals surface area (Å²) in [5.74, 6) is -0.287. The van der Waals surface area contributed by atoms with Crippen molar-refractivity contribution in [2.45, 2.75) is 31.7 Å². The van der Waals surface area contributed by atoms with E-state index in [4.69, 9.17) is 5.73 Å². The zero-order valence-corrected chi connectivity index (χ0v) is 12.3. The Bertz CT molecular complexity index is 429. The molecular weight excluding hydrogens is 250 g/mol. The van der Waals surface area contributed by atoms with E-state index in [-0.39, 0.29) is 5.91 Å². The van der Waals surface area contributed by atoms with Gasteiger partial charge in [-0.1, -0.05) is 37.3 Å². The van der Waals surface area contributed by atoms with E-state index in [1.54, 1.807) is 0 Å². The molecule has 0 radical (unpaired) electrons. The summed E-state index contributed by atoms with van der Waals surface area (Å²) in [5.41, 5.74) is 5.97. The van der Waals surface area contributed by atoms with Crippen molar-refractivity contribution in [3.05, 3.63) is 35.9 Å². The number of likely N-dealkylation sites (N-methyl/N-ethyl adjacent to an activating group) is 1. The summed E-state index contributed by atoms with van der Waals surface area (Å²) in [6, 6.07) is 9.84. The van der Waals surface area contributed by atoms with Gasteiger partial charge < -0.3 is 10.6 Å². The van der Waals surface area contributed by atoms with E-state index < -0.39 is 5.54 Å². The third kappa shape index (κ3) is 3.19. The SMILES string of the molecule is CCNC(CCN1CCCC1)(C(N)=O)c1ccccc1. The van der Waals surface area contributed by atoms with Crippen LogP contribution in [0.5, 0.6) is 0 Å². The summed E-state index contributed by atoms with van der Waals surface area (Å²) < 4.78 is 0. The van der Waals surface area contributed by atoms with Gasteiger partial charge in [0.05, 0.1) is 0 Å². The number of nitrogens with one attached hydrogen (secondary N) is 1. The molecule has 1 aromatic carbocycles. The van der Waals surface area contributed by atoms with Crippen molar-refractivity contribution in [3.8, 4) is 0 Å². The maximum absolute atomic E-state index is 12.2. The highest BCUT2D eigenvalue weighted by atomic mass is 16.1. The lowest BCUT2D eigenvalue weighted by Crippen LogP contribution is -2.54. The van der Waals surface area contributed by atoms with Crippen LogP contribution in [0.1, 0.15) is 31.7 Å². The summed E-state index contributed by atoms with van der Waals surface area (Å²) in [4.78, 5) is 14.6. The highest BCUT2D eigenvalue weighted by molar-refractivity contribution is 5.86. The zero-order chi connectivity index (χ0) is 14.4. The van der Waals surface area contributed by atoms with Crippen LogP contribution in [0, 0.1) is 0 Å². The Hall–Kier alpha value is -1.39. The topological polar surface area (TPSA) is 58.4 Å². The normalized spacial score (nSPS) is 18.9. The minimum atomic E-state index is -0.751. The lowest BCUT2D eigenvalue weighted by molar-refractivity contribution is -0.125. The number of benzene rings is 1. The van der Waals surface area contributed by atoms with Crippen molar-refractivity contribution in [2.24, 2.45) is 5.73 Å². The molecule has 1 aromatic rings. The molecule has 1 aliphatic heterocycles. The molecule has 20 heavy (non-hydrogen) atoms. The van der Waals surface area contributed by atoms with Gasteiger partial charge in [-0.2, -0.15) is 0 Å². The van der Waals surface area contributed by atoms with Gasteiger partial charge in [-0.3, -0.25) is 10.1 Å². The van der Waals surface area contributed by atoms with E-state index in [9.17, 15) is 4.79 Å². The number of nitrogens with two attached hydrogens (primary N) is 1. The van der Waals surface area contributed by atoms with Crippen LogP contribution in [0.2, 0.25) is 0 Å². The lowest BCUT2D eigenvalue weighted by atomic mass is 9.85. The first-order valence-electron chi connectivity index (χ1n) is 7.52. The third-order valence-corrected chi connectivity index (χ3v) is 4.17. The smallest absolute Gasteiger partial charge is 0.242 e. The Morgan fingerprint density at radius 1 is 1.30 bits per heavy atom. The number of hydrogen-bond acceptors (Lipinski definition) is 3. The predicted octanol–water partition coefficient (Wildman–Crippen LogP) is 1.46. The van der Waals surface area contributed by atoms with Crippen LogP contribution in [0.25, 0.3) is 0 Å². The molecule has 1 fully saturated rings. The van der Waals surface area contributed by atoms with Crippen LogP contribution in [-0.4, -0.2) is 37.0 Å². The molecule has 3 N–H and O–H groups in total. The number of rotatable bonds is 7. The van der Waals surface area contributed by atoms with Crippen LogP contribution in [0.3, 0.4) is 0 Å². The number of hydrogen-bond donors (Lipinski definition) is 2. The molecule has 4 heteroatoms. The maximum Gasteiger partial charge on any atom is 0.242 e. The van der Waals surface area contributed by atoms with Crippen LogP contribution in [0.15, 0.2) is 30.3 Å². The standard InChI is InChI=1S/C16H25N3O/c1-2-18-16(15(17)20,14-8-4-3-5-9-14)10-13-19-11-6-7-12-19/h3-5,8-9,18H,2,6-7,10-13H2,1H3,(H2,17,20). The molecule has 2 rings (SSSR count). The number of nitrogens with zero attached hydrogens (tertiary/aromatic N) is 1. The van der Waals surface area contributed by atoms with Gasteiger partial charge in [0.2, 0.25) is 5.91 Å². The van der Waals surface area contributed by atoms with Gasteiger partial charge >= 0.3 is 0 Å². The second-order valence-electron chi connectivity index (χ2n) is 5.46. The average Bonchev–Trinajstić information content (AvgIpc) is 2.97. The van der Waals surface area contributed by atoms with Gasteiger partial charge in [0.15, 0.2) is 0 Å². The van der Waals surface area contributed by atoms with Crippen molar-refractivity contribution < 1.29 is 4.79 Å². The molecule has 110 valence electrons. The molecule has 0 spiro atoms. The molecule has 1 saturated heterocycles. The molecule has 1 amide bonds. The monoisotopic (exact) mass is 275 g/mol. The molecule has 0 saturated carbocycles. The third-order valence-electron chi connectivity index (χ3n) is 4.17. The number of carbonyl (C=O) groups excluding carboxylic acids is 1. The fraction of sp³-hybridized carbons (Fsp3) is 0.562. The molecule has 4 nitrogen and oxygen atoms in total. The summed E-state index contributed by atoms with van der Waals surface area (Å²) in [7, 11) is 0. The molecule has 0 aliphatic carbocycles. The molecule has 1 heterocycles. The van der Waals surface area contributed by atoms with Gasteiger partial charge in [0, 0.05) is 6.54 Å². The Morgan fingerprint density at radius 3 is 2.50 bits per heavy atom. The zero-order valence-electron chi connectivity index (χ0n) is 12.3. The van der Waals surface area contributed by atoms with E-state index in [0.717, 1.165) is 38.2 Å². The highest BCUT2D eigenvalue weighted by Crippen LogP contribution is 2.26. The molecular formula is C16H25N3O. The molecule has 1 aliphatic rings. The van der Waals surface area contributed by atoms with E-state index in [1.807, 2.05) is 37.3 Å². The van der Waals surface area contributed by atoms with Crippen LogP contribution in [-0.2, 0) is 10.3 Å². The second kappa shape index (κ2) is 6.86. The Balaban J connectivity index is 2.19. The van der Waals surface area contributed by atoms with E-state index >= 15 is 0 Å². The Kier molecular flexibility index (Phi) is 5.15. The fourth-order valence-electron chi connectivity index (χ4n) is 3.04. The Morgan fingerprint density at radius 2 is 1.95 bits per heavy atom. The molecule has 1 atom stereocenters. The highest BCUT2D eigenvalue weighted by Gasteiger charge is 2.37. The summed E-state index contributed by atoms with van der Waals surface area (Å²) in [5, 5.41) is 3.33. The molecule has 1 unspecified atom stereocenters. The predicted molar refractivity (Wildman–Crippen MR) is 81.3 cm³/mol. The van der Waals surface area contributed by atoms with Crippen molar-refractivity contribution in [1.82, 2.24) is 10.2 Å². The first-order chi connectivity index (χ1) is 9.69. The minimum absolute atomic E-state index is 0.287. The maximum atomic E-state index is 12.2. The van der Waals surface area contributed by atoms with Crippen molar-refractivity contribution in [3.63, 3.8) is 0 Å². The molecule has 0 bridgehead atoms. The second-order valence-corrected chi connectivity index (χ2v) is 5.46. The van der Waals surface area contributed by atoms with Crippen molar-refractivity contribution >= 4 is 5.91 Å². The summed E-state index contributed by atoms with van der Waals surface area (Å²) in [6.45, 7) is 5.91. The van der Waals surface area contributed by atoms with Gasteiger partial charge in [0.1, 0.15) is 5.54 Å². The largest absolute Gasteiger partial charge is 0.368 e. The van der Waals surface area contributed by atoms with E-state index in [0.29, 0.717) is 0 Å². The van der Waals surface area contributed by atoms with Gasteiger partial charge in [-0.15, -0.1) is 0 Å². The lowest BCUT2D eigenvalue weighted by Gasteiger charge is -2.33. The average molecular weight is 275 g/mol. The van der Waals surface area contributed by atoms with Gasteiger partial charge in [-0.05, 0) is 44.5 Å². The minimum Gasteiger partial charge on any atom is -0.368 e. The van der Waals surface area contributed by atoms with Gasteiger partial charge in [0.25, 0.3) is 0 Å². The Labute approximate surface area is 121 Å². The van der Waals surface area contributed by atoms with Crippen LogP contribution in [0.4, 0.5) is 0 Å². The van der Waals surface area contributed by atoms with Crippen LogP contribution >= 0.6 is 0 Å². The molecule has 0 aromatic heterocycles. The van der Waals surface area contributed by atoms with Crippen molar-refractivity contribution in [1.29, 1.82) is 0 Å². The van der Waals surface area contributed by atoms with Crippen molar-refractivity contribution in [2.75, 3.05) is 26.2 Å². The number of primary amides is 1. The number of carbonyl (C=O) groups is 1. The first-order valence-corrected chi connectivity index (χ1v) is 7.52. The van der Waals surface area contributed by atoms with Gasteiger partial charge in [-0.25, -0.2) is 0 Å². The fourth-order valence-corrected chi connectivity index (χ4v) is 3.04. The number of likely N-dealkylation sites (tertiary alicyclic amines) is 1. The van der Waals surface area contributed by atoms with Crippen LogP contribution < -0.4 is 11.1 Å². The van der Waals surface area contributed by atoms with E-state index in [1.165, 1.54) is 12.8 Å². The first kappa shape index (κ1) is 15.0. The number of amides is 1. The quantitative estimate of drug-likeness (QED) is 0.792. The summed E-state index contributed by atoms with van der Waals surface area (Å²) in [6.07, 6.45) is 3.24. The summed E-state index contributed by atoms with van der Waals surface area (Å²) >= 11 is 0.